The van der Waals surface area contributed by atoms with Gasteiger partial charge in [-0.05, 0) is 30.2 Å². The van der Waals surface area contributed by atoms with Gasteiger partial charge in [0, 0.05) is 20.3 Å². The van der Waals surface area contributed by atoms with E-state index in [-0.39, 0.29) is 11.3 Å². The summed E-state index contributed by atoms with van der Waals surface area (Å²) in [5.41, 5.74) is 0.941. The van der Waals surface area contributed by atoms with Crippen molar-refractivity contribution in [2.45, 2.75) is 25.2 Å². The summed E-state index contributed by atoms with van der Waals surface area (Å²) in [5.74, 6) is -0.934. The predicted octanol–water partition coefficient (Wildman–Crippen LogP) is 2.23. The number of nitrogens with one attached hydrogen (secondary N) is 1. The second-order valence-electron chi connectivity index (χ2n) is 5.43. The zero-order valence-electron chi connectivity index (χ0n) is 11.8. The molecule has 1 amide bonds. The number of nitrogens with zero attached hydrogens (tertiary/aromatic N) is 1. The summed E-state index contributed by atoms with van der Waals surface area (Å²) < 4.78 is 5.10. The van der Waals surface area contributed by atoms with Crippen LogP contribution in [-0.4, -0.2) is 26.2 Å². The molecule has 1 unspecified atom stereocenters. The van der Waals surface area contributed by atoms with E-state index in [2.05, 4.69) is 11.4 Å². The lowest BCUT2D eigenvalue weighted by Gasteiger charge is -2.17. The zero-order valence-corrected chi connectivity index (χ0v) is 11.8. The molecule has 106 valence electrons. The third kappa shape index (κ3) is 3.58. The van der Waals surface area contributed by atoms with Crippen LogP contribution in [0.5, 0.6) is 0 Å². The number of benzene rings is 1. The monoisotopic (exact) mass is 272 g/mol. The molecule has 1 saturated carbocycles. The number of ether oxygens (including phenoxy) is 1. The first kappa shape index (κ1) is 14.5. The van der Waals surface area contributed by atoms with Gasteiger partial charge in [-0.1, -0.05) is 30.3 Å². The van der Waals surface area contributed by atoms with Crippen molar-refractivity contribution in [2.75, 3.05) is 20.3 Å². The molecule has 20 heavy (non-hydrogen) atoms. The fraction of sp³-hybridized carbons (Fsp3) is 0.500. The van der Waals surface area contributed by atoms with E-state index < -0.39 is 5.92 Å². The van der Waals surface area contributed by atoms with Gasteiger partial charge in [-0.25, -0.2) is 0 Å². The molecule has 0 heterocycles. The van der Waals surface area contributed by atoms with E-state index in [0.29, 0.717) is 6.54 Å². The average Bonchev–Trinajstić information content (AvgIpc) is 3.25. The molecule has 4 nitrogen and oxygen atoms in total. The minimum Gasteiger partial charge on any atom is -0.385 e. The first-order chi connectivity index (χ1) is 9.71. The van der Waals surface area contributed by atoms with E-state index in [9.17, 15) is 10.1 Å². The van der Waals surface area contributed by atoms with E-state index >= 15 is 0 Å². The van der Waals surface area contributed by atoms with Crippen molar-refractivity contribution in [2.24, 2.45) is 5.41 Å². The molecule has 0 radical (unpaired) electrons. The Morgan fingerprint density at radius 3 is 2.70 bits per heavy atom. The van der Waals surface area contributed by atoms with Crippen molar-refractivity contribution in [3.8, 4) is 6.07 Å². The van der Waals surface area contributed by atoms with Gasteiger partial charge in [0.25, 0.3) is 0 Å². The van der Waals surface area contributed by atoms with Gasteiger partial charge >= 0.3 is 0 Å². The van der Waals surface area contributed by atoms with Crippen molar-refractivity contribution in [1.29, 1.82) is 5.26 Å². The van der Waals surface area contributed by atoms with Gasteiger partial charge in [-0.15, -0.1) is 0 Å². The van der Waals surface area contributed by atoms with Crippen molar-refractivity contribution >= 4 is 5.91 Å². The van der Waals surface area contributed by atoms with Crippen molar-refractivity contribution < 1.29 is 9.53 Å². The average molecular weight is 272 g/mol. The van der Waals surface area contributed by atoms with Crippen LogP contribution in [0.1, 0.15) is 30.7 Å². The number of carbonyl (C=O) groups excluding carboxylic acids is 1. The Morgan fingerprint density at radius 2 is 2.15 bits per heavy atom. The first-order valence-corrected chi connectivity index (χ1v) is 6.92. The van der Waals surface area contributed by atoms with Gasteiger partial charge in [-0.3, -0.25) is 4.79 Å². The summed E-state index contributed by atoms with van der Waals surface area (Å²) in [6, 6.07) is 11.3. The molecule has 2 rings (SSSR count). The van der Waals surface area contributed by atoms with E-state index in [1.165, 1.54) is 0 Å². The number of nitriles is 1. The molecule has 0 spiro atoms. The standard InChI is InChI=1S/C16H20N2O2/c1-20-10-9-16(7-8-16)12-18-15(19)14(11-17)13-5-3-2-4-6-13/h2-6,14H,7-10,12H2,1H3,(H,18,19). The second-order valence-corrected chi connectivity index (χ2v) is 5.43. The molecule has 1 aromatic rings. The lowest BCUT2D eigenvalue weighted by atomic mass is 9.98. The van der Waals surface area contributed by atoms with Crippen LogP contribution in [0.4, 0.5) is 0 Å². The number of amides is 1. The molecule has 1 aromatic carbocycles. The molecule has 0 aliphatic heterocycles. The minimum absolute atomic E-state index is 0.197. The maximum atomic E-state index is 12.2. The van der Waals surface area contributed by atoms with E-state index in [1.54, 1.807) is 7.11 Å². The Balaban J connectivity index is 1.90. The van der Waals surface area contributed by atoms with Gasteiger partial charge in [0.1, 0.15) is 5.92 Å². The summed E-state index contributed by atoms with van der Waals surface area (Å²) in [7, 11) is 1.69. The number of rotatable bonds is 7. The Labute approximate surface area is 119 Å². The molecule has 1 aliphatic carbocycles. The molecule has 1 fully saturated rings. The normalized spacial score (nSPS) is 17.0. The van der Waals surface area contributed by atoms with E-state index in [0.717, 1.165) is 31.4 Å². The molecule has 0 saturated heterocycles. The second kappa shape index (κ2) is 6.53. The summed E-state index contributed by atoms with van der Waals surface area (Å²) in [6.45, 7) is 1.36. The van der Waals surface area contributed by atoms with E-state index in [4.69, 9.17) is 4.74 Å². The quantitative estimate of drug-likeness (QED) is 0.828. The van der Waals surface area contributed by atoms with Crippen LogP contribution in [-0.2, 0) is 9.53 Å². The van der Waals surface area contributed by atoms with Gasteiger partial charge in [0.05, 0.1) is 6.07 Å². The van der Waals surface area contributed by atoms with Crippen molar-refractivity contribution in [1.82, 2.24) is 5.32 Å². The molecule has 1 atom stereocenters. The maximum Gasteiger partial charge on any atom is 0.241 e. The molecule has 4 heteroatoms. The largest absolute Gasteiger partial charge is 0.385 e. The van der Waals surface area contributed by atoms with Gasteiger partial charge < -0.3 is 10.1 Å². The van der Waals surface area contributed by atoms with Crippen LogP contribution in [0.15, 0.2) is 30.3 Å². The highest BCUT2D eigenvalue weighted by atomic mass is 16.5. The first-order valence-electron chi connectivity index (χ1n) is 6.92. The molecule has 1 N–H and O–H groups in total. The predicted molar refractivity (Wildman–Crippen MR) is 76.0 cm³/mol. The Kier molecular flexibility index (Phi) is 4.75. The van der Waals surface area contributed by atoms with Crippen molar-refractivity contribution in [3.63, 3.8) is 0 Å². The number of methoxy groups -OCH3 is 1. The van der Waals surface area contributed by atoms with Crippen LogP contribution >= 0.6 is 0 Å². The lowest BCUT2D eigenvalue weighted by molar-refractivity contribution is -0.121. The lowest BCUT2D eigenvalue weighted by Crippen LogP contribution is -2.34. The smallest absolute Gasteiger partial charge is 0.241 e. The Hall–Kier alpha value is -1.86. The molecular weight excluding hydrogens is 252 g/mol. The molecule has 1 aliphatic rings. The molecule has 0 aromatic heterocycles. The fourth-order valence-corrected chi connectivity index (χ4v) is 2.32. The molecular formula is C16H20N2O2. The highest BCUT2D eigenvalue weighted by Crippen LogP contribution is 2.48. The highest BCUT2D eigenvalue weighted by molar-refractivity contribution is 5.86. The van der Waals surface area contributed by atoms with Crippen molar-refractivity contribution in [3.05, 3.63) is 35.9 Å². The maximum absolute atomic E-state index is 12.2. The van der Waals surface area contributed by atoms with Crippen LogP contribution in [0.3, 0.4) is 0 Å². The summed E-state index contributed by atoms with van der Waals surface area (Å²) in [4.78, 5) is 12.2. The highest BCUT2D eigenvalue weighted by Gasteiger charge is 2.42. The topological polar surface area (TPSA) is 62.1 Å². The third-order valence-electron chi connectivity index (χ3n) is 3.96. The Bertz CT molecular complexity index is 489. The van der Waals surface area contributed by atoms with Gasteiger partial charge in [0.2, 0.25) is 5.91 Å². The number of carbonyl (C=O) groups is 1. The van der Waals surface area contributed by atoms with Gasteiger partial charge in [-0.2, -0.15) is 5.26 Å². The summed E-state index contributed by atoms with van der Waals surface area (Å²) in [6.07, 6.45) is 3.21. The zero-order chi connectivity index (χ0) is 14.4. The minimum atomic E-state index is -0.727. The van der Waals surface area contributed by atoms with Crippen LogP contribution < -0.4 is 5.32 Å². The number of hydrogen-bond acceptors (Lipinski definition) is 3. The summed E-state index contributed by atoms with van der Waals surface area (Å²) in [5, 5.41) is 12.1. The Morgan fingerprint density at radius 1 is 1.45 bits per heavy atom. The van der Waals surface area contributed by atoms with Crippen LogP contribution in [0.2, 0.25) is 0 Å². The number of hydrogen-bond donors (Lipinski definition) is 1. The van der Waals surface area contributed by atoms with Crippen LogP contribution in [0, 0.1) is 16.7 Å². The summed E-state index contributed by atoms with van der Waals surface area (Å²) >= 11 is 0. The fourth-order valence-electron chi connectivity index (χ4n) is 2.32. The SMILES string of the molecule is COCCC1(CNC(=O)C(C#N)c2ccccc2)CC1. The van der Waals surface area contributed by atoms with Crippen LogP contribution in [0.25, 0.3) is 0 Å². The van der Waals surface area contributed by atoms with E-state index in [1.807, 2.05) is 30.3 Å². The third-order valence-corrected chi connectivity index (χ3v) is 3.96. The van der Waals surface area contributed by atoms with Gasteiger partial charge in [0.15, 0.2) is 0 Å². The molecule has 0 bridgehead atoms.